The van der Waals surface area contributed by atoms with Crippen LogP contribution in [0.1, 0.15) is 12.7 Å². The highest BCUT2D eigenvalue weighted by Gasteiger charge is 2.17. The zero-order valence-corrected chi connectivity index (χ0v) is 12.3. The van der Waals surface area contributed by atoms with Gasteiger partial charge in [0, 0.05) is 0 Å². The zero-order chi connectivity index (χ0) is 14.8. The molecule has 0 unspecified atom stereocenters. The van der Waals surface area contributed by atoms with Crippen molar-refractivity contribution in [1.82, 2.24) is 19.8 Å². The molecule has 0 spiro atoms. The Hall–Kier alpha value is -2.48. The van der Waals surface area contributed by atoms with Gasteiger partial charge in [0.1, 0.15) is 5.75 Å². The number of nitrogens with zero attached hydrogens (tertiary/aromatic N) is 4. The largest absolute Gasteiger partial charge is 0.481 e. The normalized spacial score (nSPS) is 12.3. The monoisotopic (exact) mass is 303 g/mol. The van der Waals surface area contributed by atoms with Crippen molar-refractivity contribution in [2.45, 2.75) is 20.0 Å². The van der Waals surface area contributed by atoms with Gasteiger partial charge in [0.25, 0.3) is 5.91 Å². The van der Waals surface area contributed by atoms with Gasteiger partial charge in [0.2, 0.25) is 10.1 Å². The van der Waals surface area contributed by atoms with E-state index in [9.17, 15) is 4.79 Å². The number of para-hydroxylation sites is 1. The van der Waals surface area contributed by atoms with E-state index in [2.05, 4.69) is 20.6 Å². The fourth-order valence-electron chi connectivity index (χ4n) is 1.73. The number of benzene rings is 1. The highest BCUT2D eigenvalue weighted by molar-refractivity contribution is 7.20. The van der Waals surface area contributed by atoms with Crippen molar-refractivity contribution in [3.05, 3.63) is 36.2 Å². The minimum atomic E-state index is -0.622. The molecule has 108 valence electrons. The van der Waals surface area contributed by atoms with Crippen molar-refractivity contribution < 1.29 is 9.53 Å². The fraction of sp³-hybridized carbons (Fsp3) is 0.231. The molecule has 0 bridgehead atoms. The van der Waals surface area contributed by atoms with Gasteiger partial charge in [0.15, 0.2) is 11.9 Å². The summed E-state index contributed by atoms with van der Waals surface area (Å²) in [5, 5.41) is 15.2. The molecule has 1 N–H and O–H groups in total. The van der Waals surface area contributed by atoms with Crippen LogP contribution in [-0.4, -0.2) is 31.8 Å². The summed E-state index contributed by atoms with van der Waals surface area (Å²) in [4.78, 5) is 12.7. The number of hydrogen-bond acceptors (Lipinski definition) is 6. The molecule has 0 fully saturated rings. The van der Waals surface area contributed by atoms with Crippen LogP contribution >= 0.6 is 11.3 Å². The molecule has 21 heavy (non-hydrogen) atoms. The van der Waals surface area contributed by atoms with Gasteiger partial charge in [-0.1, -0.05) is 29.5 Å². The maximum Gasteiger partial charge on any atom is 0.266 e. The van der Waals surface area contributed by atoms with Crippen molar-refractivity contribution in [3.8, 4) is 5.75 Å². The summed E-state index contributed by atoms with van der Waals surface area (Å²) in [7, 11) is 0. The van der Waals surface area contributed by atoms with Gasteiger partial charge in [-0.3, -0.25) is 10.1 Å². The quantitative estimate of drug-likeness (QED) is 0.796. The van der Waals surface area contributed by atoms with Gasteiger partial charge < -0.3 is 4.74 Å². The van der Waals surface area contributed by atoms with Gasteiger partial charge in [-0.2, -0.15) is 4.52 Å². The second kappa shape index (κ2) is 5.49. The number of nitrogens with one attached hydrogen (secondary N) is 1. The van der Waals surface area contributed by atoms with Crippen LogP contribution in [0.3, 0.4) is 0 Å². The average Bonchev–Trinajstić information content (AvgIpc) is 3.02. The van der Waals surface area contributed by atoms with E-state index < -0.39 is 6.10 Å². The third-order valence-electron chi connectivity index (χ3n) is 2.80. The smallest absolute Gasteiger partial charge is 0.266 e. The summed E-state index contributed by atoms with van der Waals surface area (Å²) in [5.74, 6) is 1.06. The first-order valence-electron chi connectivity index (χ1n) is 6.35. The van der Waals surface area contributed by atoms with Gasteiger partial charge >= 0.3 is 0 Å². The van der Waals surface area contributed by atoms with Crippen molar-refractivity contribution in [2.75, 3.05) is 5.32 Å². The Kier molecular flexibility index (Phi) is 3.53. The highest BCUT2D eigenvalue weighted by atomic mass is 32.1. The molecule has 0 saturated carbocycles. The molecular weight excluding hydrogens is 290 g/mol. The third kappa shape index (κ3) is 2.84. The molecule has 2 aromatic heterocycles. The van der Waals surface area contributed by atoms with Gasteiger partial charge in [-0.05, 0) is 26.0 Å². The number of rotatable bonds is 4. The number of ether oxygens (including phenoxy) is 1. The molecule has 3 rings (SSSR count). The number of carbonyl (C=O) groups excluding carboxylic acids is 1. The third-order valence-corrected chi connectivity index (χ3v) is 3.62. The molecule has 0 aliphatic heterocycles. The summed E-state index contributed by atoms with van der Waals surface area (Å²) in [5.41, 5.74) is 0. The molecule has 1 atom stereocenters. The predicted molar refractivity (Wildman–Crippen MR) is 78.6 cm³/mol. The lowest BCUT2D eigenvalue weighted by Gasteiger charge is -2.13. The van der Waals surface area contributed by atoms with Crippen LogP contribution in [0.5, 0.6) is 5.75 Å². The molecule has 0 aliphatic carbocycles. The lowest BCUT2D eigenvalue weighted by atomic mass is 10.3. The number of aryl methyl sites for hydroxylation is 1. The molecule has 0 saturated heterocycles. The minimum Gasteiger partial charge on any atom is -0.481 e. The average molecular weight is 303 g/mol. The van der Waals surface area contributed by atoms with E-state index in [1.165, 1.54) is 11.3 Å². The van der Waals surface area contributed by atoms with Crippen molar-refractivity contribution in [2.24, 2.45) is 0 Å². The van der Waals surface area contributed by atoms with Crippen LogP contribution in [0.2, 0.25) is 0 Å². The second-order valence-corrected chi connectivity index (χ2v) is 5.37. The first-order valence-corrected chi connectivity index (χ1v) is 7.16. The summed E-state index contributed by atoms with van der Waals surface area (Å²) < 4.78 is 7.14. The molecule has 3 aromatic rings. The number of carbonyl (C=O) groups is 1. The topological polar surface area (TPSA) is 81.4 Å². The summed E-state index contributed by atoms with van der Waals surface area (Å²) in [6.07, 6.45) is -0.622. The number of anilines is 1. The lowest BCUT2D eigenvalue weighted by Crippen LogP contribution is -2.30. The maximum absolute atomic E-state index is 12.1. The van der Waals surface area contributed by atoms with E-state index in [1.807, 2.05) is 18.2 Å². The van der Waals surface area contributed by atoms with Gasteiger partial charge in [-0.25, -0.2) is 0 Å². The summed E-state index contributed by atoms with van der Waals surface area (Å²) in [6, 6.07) is 9.20. The Labute approximate surface area is 124 Å². The zero-order valence-electron chi connectivity index (χ0n) is 11.5. The molecule has 2 heterocycles. The van der Waals surface area contributed by atoms with Crippen molar-refractivity contribution >= 4 is 27.3 Å². The van der Waals surface area contributed by atoms with E-state index in [4.69, 9.17) is 4.74 Å². The number of aromatic nitrogens is 4. The van der Waals surface area contributed by atoms with Gasteiger partial charge in [-0.15, -0.1) is 15.3 Å². The molecular formula is C13H13N5O2S. The predicted octanol–water partition coefficient (Wildman–Crippen LogP) is 1.90. The maximum atomic E-state index is 12.1. The second-order valence-electron chi connectivity index (χ2n) is 4.41. The van der Waals surface area contributed by atoms with Crippen molar-refractivity contribution in [1.29, 1.82) is 0 Å². The van der Waals surface area contributed by atoms with Crippen LogP contribution in [0.25, 0.3) is 4.96 Å². The molecule has 1 aromatic carbocycles. The fourth-order valence-corrected chi connectivity index (χ4v) is 2.52. The Bertz CT molecular complexity index is 767. The minimum absolute atomic E-state index is 0.263. The molecule has 8 heteroatoms. The molecule has 0 radical (unpaired) electrons. The Morgan fingerprint density at radius 3 is 2.81 bits per heavy atom. The number of amides is 1. The number of hydrogen-bond donors (Lipinski definition) is 1. The van der Waals surface area contributed by atoms with E-state index in [1.54, 1.807) is 30.5 Å². The summed E-state index contributed by atoms with van der Waals surface area (Å²) in [6.45, 7) is 3.49. The van der Waals surface area contributed by atoms with Crippen LogP contribution in [0, 0.1) is 6.92 Å². The van der Waals surface area contributed by atoms with Gasteiger partial charge in [0.05, 0.1) is 0 Å². The van der Waals surface area contributed by atoms with Crippen LogP contribution in [-0.2, 0) is 4.79 Å². The molecule has 1 amide bonds. The standard InChI is InChI=1S/C13H13N5O2S/c1-8(20-10-6-4-3-5-7-10)11(19)14-12-17-18-9(2)15-16-13(18)21-12/h3-8H,1-2H3,(H,14,17,19)/t8-/m1/s1. The van der Waals surface area contributed by atoms with E-state index in [0.717, 1.165) is 0 Å². The SMILES string of the molecule is Cc1nnc2sc(NC(=O)[C@@H](C)Oc3ccccc3)nn12. The number of fused-ring (bicyclic) bond motifs is 1. The summed E-state index contributed by atoms with van der Waals surface area (Å²) >= 11 is 1.26. The Balaban J connectivity index is 1.67. The van der Waals surface area contributed by atoms with Crippen LogP contribution in [0.4, 0.5) is 5.13 Å². The van der Waals surface area contributed by atoms with E-state index in [-0.39, 0.29) is 5.91 Å². The molecule has 0 aliphatic rings. The van der Waals surface area contributed by atoms with Crippen molar-refractivity contribution in [3.63, 3.8) is 0 Å². The van der Waals surface area contributed by atoms with E-state index in [0.29, 0.717) is 21.7 Å². The van der Waals surface area contributed by atoms with Crippen LogP contribution < -0.4 is 10.1 Å². The first kappa shape index (κ1) is 13.5. The van der Waals surface area contributed by atoms with E-state index >= 15 is 0 Å². The lowest BCUT2D eigenvalue weighted by molar-refractivity contribution is -0.122. The Morgan fingerprint density at radius 1 is 1.33 bits per heavy atom. The van der Waals surface area contributed by atoms with Crippen LogP contribution in [0.15, 0.2) is 30.3 Å². The highest BCUT2D eigenvalue weighted by Crippen LogP contribution is 2.19. The Morgan fingerprint density at radius 2 is 2.10 bits per heavy atom. The first-order chi connectivity index (χ1) is 10.1. The molecule has 7 nitrogen and oxygen atoms in total.